The molecular weight excluding hydrogens is 316 g/mol. The minimum atomic E-state index is 0.135. The lowest BCUT2D eigenvalue weighted by Gasteiger charge is -2.24. The van der Waals surface area contributed by atoms with E-state index in [0.29, 0.717) is 23.4 Å². The molecule has 3 nitrogen and oxygen atoms in total. The second-order valence-corrected chi connectivity index (χ2v) is 7.15. The van der Waals surface area contributed by atoms with E-state index in [4.69, 9.17) is 11.6 Å². The third kappa shape index (κ3) is 3.33. The molecule has 1 aromatic heterocycles. The second kappa shape index (κ2) is 6.39. The van der Waals surface area contributed by atoms with E-state index in [2.05, 4.69) is 11.9 Å². The van der Waals surface area contributed by atoms with Crippen molar-refractivity contribution in [3.05, 3.63) is 40.4 Å². The number of hydrogen-bond donors (Lipinski definition) is 0. The third-order valence-corrected chi connectivity index (χ3v) is 5.55. The lowest BCUT2D eigenvalue weighted by Crippen LogP contribution is -2.37. The summed E-state index contributed by atoms with van der Waals surface area (Å²) in [7, 11) is 1.90. The van der Waals surface area contributed by atoms with Crippen molar-refractivity contribution < 1.29 is 4.79 Å². The Balaban J connectivity index is 1.69. The Bertz CT molecular complexity index is 681. The van der Waals surface area contributed by atoms with Crippen molar-refractivity contribution in [1.29, 1.82) is 0 Å². The van der Waals surface area contributed by atoms with Gasteiger partial charge in [0.2, 0.25) is 5.91 Å². The normalized spacial score (nSPS) is 15.6. The summed E-state index contributed by atoms with van der Waals surface area (Å²) in [5.41, 5.74) is 1.74. The van der Waals surface area contributed by atoms with Gasteiger partial charge in [-0.3, -0.25) is 4.79 Å². The summed E-state index contributed by atoms with van der Waals surface area (Å²) in [5.74, 6) is 0.818. The molecule has 0 spiro atoms. The van der Waals surface area contributed by atoms with Gasteiger partial charge >= 0.3 is 0 Å². The molecular formula is C17H19ClN2OS. The van der Waals surface area contributed by atoms with Crippen LogP contribution in [0.2, 0.25) is 5.02 Å². The topological polar surface area (TPSA) is 33.2 Å². The number of nitrogens with zero attached hydrogens (tertiary/aromatic N) is 2. The van der Waals surface area contributed by atoms with E-state index in [0.717, 1.165) is 16.3 Å². The van der Waals surface area contributed by atoms with Crippen molar-refractivity contribution in [1.82, 2.24) is 9.88 Å². The number of amides is 1. The molecule has 1 amide bonds. The Morgan fingerprint density at radius 2 is 2.18 bits per heavy atom. The Morgan fingerprint density at radius 1 is 1.45 bits per heavy atom. The number of likely N-dealkylation sites (N-methyl/N-ethyl adjacent to an activating group) is 1. The highest BCUT2D eigenvalue weighted by molar-refractivity contribution is 7.13. The molecule has 1 atom stereocenters. The Labute approximate surface area is 139 Å². The largest absolute Gasteiger partial charge is 0.342 e. The van der Waals surface area contributed by atoms with E-state index in [9.17, 15) is 4.79 Å². The summed E-state index contributed by atoms with van der Waals surface area (Å²) in [6.07, 6.45) is 2.84. The van der Waals surface area contributed by atoms with Crippen LogP contribution < -0.4 is 0 Å². The number of carbonyl (C=O) groups excluding carboxylic acids is 1. The maximum atomic E-state index is 12.4. The smallest absolute Gasteiger partial charge is 0.228 e. The molecule has 0 N–H and O–H groups in total. The molecule has 1 aliphatic carbocycles. The molecule has 5 heteroatoms. The van der Waals surface area contributed by atoms with E-state index in [1.54, 1.807) is 0 Å². The average molecular weight is 335 g/mol. The van der Waals surface area contributed by atoms with Crippen molar-refractivity contribution in [2.45, 2.75) is 32.2 Å². The molecule has 0 saturated heterocycles. The number of aromatic nitrogens is 1. The molecule has 1 unspecified atom stereocenters. The predicted molar refractivity (Wildman–Crippen MR) is 91.2 cm³/mol. The van der Waals surface area contributed by atoms with Crippen LogP contribution in [-0.2, 0) is 11.2 Å². The number of hydrogen-bond acceptors (Lipinski definition) is 3. The Morgan fingerprint density at radius 3 is 2.86 bits per heavy atom. The van der Waals surface area contributed by atoms with Gasteiger partial charge in [0.05, 0.1) is 17.1 Å². The number of benzene rings is 1. The molecule has 1 aromatic carbocycles. The Hall–Kier alpha value is -1.39. The zero-order chi connectivity index (χ0) is 15.7. The van der Waals surface area contributed by atoms with Crippen LogP contribution in [-0.4, -0.2) is 28.9 Å². The SMILES string of the molecule is CC(C1CC1)N(C)C(=O)Cc1csc(-c2ccccc2Cl)n1. The standard InChI is InChI=1S/C17H19ClN2OS/c1-11(12-7-8-12)20(2)16(21)9-13-10-22-17(19-13)14-5-3-4-6-15(14)18/h3-6,10-12H,7-9H2,1-2H3. The van der Waals surface area contributed by atoms with Crippen molar-refractivity contribution >= 4 is 28.8 Å². The molecule has 1 heterocycles. The van der Waals surface area contributed by atoms with Crippen LogP contribution in [0.25, 0.3) is 10.6 Å². The zero-order valence-corrected chi connectivity index (χ0v) is 14.3. The first-order valence-corrected chi connectivity index (χ1v) is 8.77. The van der Waals surface area contributed by atoms with Crippen LogP contribution in [0.1, 0.15) is 25.5 Å². The van der Waals surface area contributed by atoms with Crippen LogP contribution in [0, 0.1) is 5.92 Å². The molecule has 116 valence electrons. The fourth-order valence-corrected chi connectivity index (χ4v) is 3.69. The van der Waals surface area contributed by atoms with E-state index in [1.165, 1.54) is 24.2 Å². The number of thiazole rings is 1. The third-order valence-electron chi connectivity index (χ3n) is 4.30. The maximum Gasteiger partial charge on any atom is 0.228 e. The highest BCUT2D eigenvalue weighted by Crippen LogP contribution is 2.35. The lowest BCUT2D eigenvalue weighted by molar-refractivity contribution is -0.131. The Kier molecular flexibility index (Phi) is 4.50. The van der Waals surface area contributed by atoms with Gasteiger partial charge in [-0.25, -0.2) is 4.98 Å². The summed E-state index contributed by atoms with van der Waals surface area (Å²) >= 11 is 7.73. The molecule has 0 aliphatic heterocycles. The second-order valence-electron chi connectivity index (χ2n) is 5.88. The number of rotatable bonds is 5. The van der Waals surface area contributed by atoms with Gasteiger partial charge in [-0.15, -0.1) is 11.3 Å². The highest BCUT2D eigenvalue weighted by Gasteiger charge is 2.32. The molecule has 0 radical (unpaired) electrons. The summed E-state index contributed by atoms with van der Waals surface area (Å²) < 4.78 is 0. The molecule has 22 heavy (non-hydrogen) atoms. The zero-order valence-electron chi connectivity index (χ0n) is 12.8. The van der Waals surface area contributed by atoms with Crippen molar-refractivity contribution in [3.8, 4) is 10.6 Å². The van der Waals surface area contributed by atoms with Crippen LogP contribution in [0.15, 0.2) is 29.6 Å². The quantitative estimate of drug-likeness (QED) is 0.818. The van der Waals surface area contributed by atoms with Gasteiger partial charge in [-0.05, 0) is 31.7 Å². The van der Waals surface area contributed by atoms with Gasteiger partial charge in [0, 0.05) is 24.0 Å². The molecule has 1 saturated carbocycles. The van der Waals surface area contributed by atoms with Crippen LogP contribution in [0.3, 0.4) is 0 Å². The van der Waals surface area contributed by atoms with Gasteiger partial charge in [0.15, 0.2) is 0 Å². The van der Waals surface area contributed by atoms with E-state index in [1.807, 2.05) is 41.6 Å². The first kappa shape index (κ1) is 15.5. The average Bonchev–Trinajstić information content (AvgIpc) is 3.26. The predicted octanol–water partition coefficient (Wildman–Crippen LogP) is 4.26. The van der Waals surface area contributed by atoms with Gasteiger partial charge in [-0.2, -0.15) is 0 Å². The highest BCUT2D eigenvalue weighted by atomic mass is 35.5. The molecule has 1 fully saturated rings. The van der Waals surface area contributed by atoms with E-state index < -0.39 is 0 Å². The summed E-state index contributed by atoms with van der Waals surface area (Å²) in [6, 6.07) is 7.98. The van der Waals surface area contributed by atoms with E-state index in [-0.39, 0.29) is 5.91 Å². The molecule has 2 aromatic rings. The monoisotopic (exact) mass is 334 g/mol. The minimum Gasteiger partial charge on any atom is -0.342 e. The van der Waals surface area contributed by atoms with Crippen LogP contribution in [0.5, 0.6) is 0 Å². The maximum absolute atomic E-state index is 12.4. The van der Waals surface area contributed by atoms with Crippen molar-refractivity contribution in [2.75, 3.05) is 7.05 Å². The fraction of sp³-hybridized carbons (Fsp3) is 0.412. The van der Waals surface area contributed by atoms with Crippen LogP contribution in [0.4, 0.5) is 0 Å². The number of halogens is 1. The van der Waals surface area contributed by atoms with Gasteiger partial charge in [0.25, 0.3) is 0 Å². The summed E-state index contributed by atoms with van der Waals surface area (Å²) in [4.78, 5) is 18.8. The van der Waals surface area contributed by atoms with Crippen LogP contribution >= 0.6 is 22.9 Å². The molecule has 3 rings (SSSR count). The summed E-state index contributed by atoms with van der Waals surface area (Å²) in [5, 5.41) is 3.51. The molecule has 1 aliphatic rings. The van der Waals surface area contributed by atoms with Crippen molar-refractivity contribution in [3.63, 3.8) is 0 Å². The van der Waals surface area contributed by atoms with E-state index >= 15 is 0 Å². The minimum absolute atomic E-state index is 0.135. The van der Waals surface area contributed by atoms with Crippen molar-refractivity contribution in [2.24, 2.45) is 5.92 Å². The number of carbonyl (C=O) groups is 1. The summed E-state index contributed by atoms with van der Waals surface area (Å²) in [6.45, 7) is 2.13. The lowest BCUT2D eigenvalue weighted by atomic mass is 10.1. The first-order chi connectivity index (χ1) is 10.6. The molecule has 0 bridgehead atoms. The van der Waals surface area contributed by atoms with Gasteiger partial charge < -0.3 is 4.90 Å². The fourth-order valence-electron chi connectivity index (χ4n) is 2.55. The first-order valence-electron chi connectivity index (χ1n) is 7.51. The van der Waals surface area contributed by atoms with Gasteiger partial charge in [0.1, 0.15) is 5.01 Å². The van der Waals surface area contributed by atoms with Gasteiger partial charge in [-0.1, -0.05) is 29.8 Å².